The van der Waals surface area contributed by atoms with Gasteiger partial charge in [-0.05, 0) is 24.6 Å². The molecule has 0 saturated heterocycles. The smallest absolute Gasteiger partial charge is 0.259 e. The fraction of sp³-hybridized carbons (Fsp3) is 0.250. The number of anilines is 1. The number of nitrogen functional groups attached to an aromatic ring is 1. The maximum absolute atomic E-state index is 12.3. The molecule has 1 aromatic carbocycles. The predicted molar refractivity (Wildman–Crippen MR) is 77.8 cm³/mol. The van der Waals surface area contributed by atoms with Gasteiger partial charge >= 0.3 is 0 Å². The zero-order valence-corrected chi connectivity index (χ0v) is 12.6. The van der Waals surface area contributed by atoms with Crippen molar-refractivity contribution in [1.29, 1.82) is 0 Å². The van der Waals surface area contributed by atoms with Crippen LogP contribution in [0.15, 0.2) is 35.5 Å². The van der Waals surface area contributed by atoms with Gasteiger partial charge in [-0.3, -0.25) is 4.68 Å². The molecule has 1 unspecified atom stereocenters. The van der Waals surface area contributed by atoms with Crippen molar-refractivity contribution in [3.8, 4) is 0 Å². The highest BCUT2D eigenvalue weighted by Gasteiger charge is 2.24. The third-order valence-corrected chi connectivity index (χ3v) is 4.91. The van der Waals surface area contributed by atoms with Gasteiger partial charge in [0, 0.05) is 18.8 Å². The second-order valence-electron chi connectivity index (χ2n) is 4.43. The molecule has 0 spiro atoms. The maximum Gasteiger partial charge on any atom is 0.259 e. The summed E-state index contributed by atoms with van der Waals surface area (Å²) >= 11 is 5.86. The first kappa shape index (κ1) is 14.8. The van der Waals surface area contributed by atoms with Gasteiger partial charge in [-0.25, -0.2) is 13.1 Å². The minimum atomic E-state index is -3.75. The lowest BCUT2D eigenvalue weighted by Gasteiger charge is -2.15. The normalized spacial score (nSPS) is 13.3. The Morgan fingerprint density at radius 3 is 2.45 bits per heavy atom. The molecule has 8 heteroatoms. The van der Waals surface area contributed by atoms with Crippen molar-refractivity contribution in [3.05, 3.63) is 41.0 Å². The second-order valence-corrected chi connectivity index (χ2v) is 6.47. The first-order valence-electron chi connectivity index (χ1n) is 5.86. The monoisotopic (exact) mass is 314 g/mol. The van der Waals surface area contributed by atoms with Crippen LogP contribution in [0.5, 0.6) is 0 Å². The summed E-state index contributed by atoms with van der Waals surface area (Å²) in [5.74, 6) is 0. The lowest BCUT2D eigenvalue weighted by atomic mass is 10.1. The van der Waals surface area contributed by atoms with Gasteiger partial charge < -0.3 is 5.73 Å². The number of rotatable bonds is 4. The van der Waals surface area contributed by atoms with Crippen molar-refractivity contribution >= 4 is 27.3 Å². The number of nitrogens with zero attached hydrogens (tertiary/aromatic N) is 2. The predicted octanol–water partition coefficient (Wildman–Crippen LogP) is 1.70. The molecule has 1 aromatic heterocycles. The lowest BCUT2D eigenvalue weighted by Crippen LogP contribution is -2.28. The Bertz CT molecular complexity index is 690. The summed E-state index contributed by atoms with van der Waals surface area (Å²) in [6.45, 7) is 1.74. The Hall–Kier alpha value is -1.57. The van der Waals surface area contributed by atoms with Crippen LogP contribution in [0, 0.1) is 0 Å². The lowest BCUT2D eigenvalue weighted by molar-refractivity contribution is 0.550. The summed E-state index contributed by atoms with van der Waals surface area (Å²) in [5, 5.41) is 3.86. The Balaban J connectivity index is 2.27. The van der Waals surface area contributed by atoms with Crippen LogP contribution in [0.3, 0.4) is 0 Å². The summed E-state index contributed by atoms with van der Waals surface area (Å²) < 4.78 is 28.4. The van der Waals surface area contributed by atoms with E-state index in [1.807, 2.05) is 0 Å². The highest BCUT2D eigenvalue weighted by atomic mass is 35.5. The zero-order chi connectivity index (χ0) is 14.9. The molecule has 0 aliphatic heterocycles. The Kier molecular flexibility index (Phi) is 4.03. The SMILES string of the molecule is CC(NS(=O)(=O)c1c(Cl)cnn1C)c1ccc(N)cc1. The van der Waals surface area contributed by atoms with Gasteiger partial charge in [0.1, 0.15) is 0 Å². The van der Waals surface area contributed by atoms with E-state index in [-0.39, 0.29) is 10.0 Å². The van der Waals surface area contributed by atoms with Gasteiger partial charge in [0.15, 0.2) is 5.03 Å². The highest BCUT2D eigenvalue weighted by molar-refractivity contribution is 7.89. The minimum Gasteiger partial charge on any atom is -0.399 e. The summed E-state index contributed by atoms with van der Waals surface area (Å²) in [5.41, 5.74) is 7.03. The molecule has 0 aliphatic rings. The topological polar surface area (TPSA) is 90.0 Å². The van der Waals surface area contributed by atoms with Crippen molar-refractivity contribution in [2.24, 2.45) is 7.05 Å². The van der Waals surface area contributed by atoms with Crippen LogP contribution in [0.1, 0.15) is 18.5 Å². The van der Waals surface area contributed by atoms with Gasteiger partial charge in [0.25, 0.3) is 10.0 Å². The number of benzene rings is 1. The zero-order valence-electron chi connectivity index (χ0n) is 11.0. The van der Waals surface area contributed by atoms with E-state index in [0.29, 0.717) is 5.69 Å². The summed E-state index contributed by atoms with van der Waals surface area (Å²) in [4.78, 5) is 0. The number of hydrogen-bond donors (Lipinski definition) is 2. The maximum atomic E-state index is 12.3. The third-order valence-electron chi connectivity index (χ3n) is 2.87. The van der Waals surface area contributed by atoms with E-state index < -0.39 is 16.1 Å². The van der Waals surface area contributed by atoms with E-state index in [1.54, 1.807) is 31.2 Å². The average Bonchev–Trinajstić information content (AvgIpc) is 2.69. The molecular formula is C12H15ClN4O2S. The van der Waals surface area contributed by atoms with E-state index in [9.17, 15) is 8.42 Å². The number of hydrogen-bond acceptors (Lipinski definition) is 4. The summed E-state index contributed by atoms with van der Waals surface area (Å²) in [6, 6.07) is 6.57. The molecule has 1 atom stereocenters. The van der Waals surface area contributed by atoms with Gasteiger partial charge in [0.05, 0.1) is 11.2 Å². The van der Waals surface area contributed by atoms with Crippen LogP contribution in [-0.2, 0) is 17.1 Å². The standard InChI is InChI=1S/C12H15ClN4O2S/c1-8(9-3-5-10(14)6-4-9)16-20(18,19)12-11(13)7-15-17(12)2/h3-8,16H,14H2,1-2H3. The van der Waals surface area contributed by atoms with E-state index in [0.717, 1.165) is 5.56 Å². The van der Waals surface area contributed by atoms with Crippen LogP contribution in [-0.4, -0.2) is 18.2 Å². The summed E-state index contributed by atoms with van der Waals surface area (Å²) in [7, 11) is -2.23. The molecule has 20 heavy (non-hydrogen) atoms. The number of nitrogens with one attached hydrogen (secondary N) is 1. The van der Waals surface area contributed by atoms with Crippen LogP contribution < -0.4 is 10.5 Å². The molecule has 2 aromatic rings. The van der Waals surface area contributed by atoms with Crippen LogP contribution >= 0.6 is 11.6 Å². The molecule has 0 amide bonds. The molecule has 3 N–H and O–H groups in total. The number of aromatic nitrogens is 2. The van der Waals surface area contributed by atoms with Crippen molar-refractivity contribution < 1.29 is 8.42 Å². The van der Waals surface area contributed by atoms with Gasteiger partial charge in [-0.2, -0.15) is 5.10 Å². The Labute approximate surface area is 122 Å². The molecule has 0 fully saturated rings. The van der Waals surface area contributed by atoms with Crippen molar-refractivity contribution in [3.63, 3.8) is 0 Å². The number of nitrogens with two attached hydrogens (primary N) is 1. The van der Waals surface area contributed by atoms with Crippen molar-refractivity contribution in [2.45, 2.75) is 18.0 Å². The molecular weight excluding hydrogens is 300 g/mol. The van der Waals surface area contributed by atoms with E-state index >= 15 is 0 Å². The van der Waals surface area contributed by atoms with Gasteiger partial charge in [0.2, 0.25) is 0 Å². The largest absolute Gasteiger partial charge is 0.399 e. The third kappa shape index (κ3) is 2.95. The van der Waals surface area contributed by atoms with E-state index in [4.69, 9.17) is 17.3 Å². The van der Waals surface area contributed by atoms with E-state index in [2.05, 4.69) is 9.82 Å². The molecule has 2 rings (SSSR count). The van der Waals surface area contributed by atoms with Gasteiger partial charge in [-0.15, -0.1) is 0 Å². The second kappa shape index (κ2) is 5.43. The quantitative estimate of drug-likeness (QED) is 0.840. The number of aryl methyl sites for hydroxylation is 1. The molecule has 0 aliphatic carbocycles. The fourth-order valence-electron chi connectivity index (χ4n) is 1.84. The minimum absolute atomic E-state index is 0.0542. The van der Waals surface area contributed by atoms with Crippen molar-refractivity contribution in [2.75, 3.05) is 5.73 Å². The van der Waals surface area contributed by atoms with Crippen molar-refractivity contribution in [1.82, 2.24) is 14.5 Å². The first-order valence-corrected chi connectivity index (χ1v) is 7.72. The van der Waals surface area contributed by atoms with Crippen LogP contribution in [0.25, 0.3) is 0 Å². The molecule has 108 valence electrons. The average molecular weight is 315 g/mol. The molecule has 0 saturated carbocycles. The Morgan fingerprint density at radius 2 is 1.95 bits per heavy atom. The van der Waals surface area contributed by atoms with Crippen LogP contribution in [0.4, 0.5) is 5.69 Å². The fourth-order valence-corrected chi connectivity index (χ4v) is 3.73. The highest BCUT2D eigenvalue weighted by Crippen LogP contribution is 2.22. The Morgan fingerprint density at radius 1 is 1.35 bits per heavy atom. The number of sulfonamides is 1. The molecule has 0 bridgehead atoms. The first-order chi connectivity index (χ1) is 9.31. The number of halogens is 1. The molecule has 1 heterocycles. The molecule has 6 nitrogen and oxygen atoms in total. The van der Waals surface area contributed by atoms with E-state index in [1.165, 1.54) is 17.9 Å². The van der Waals surface area contributed by atoms with Gasteiger partial charge in [-0.1, -0.05) is 23.7 Å². The molecule has 0 radical (unpaired) electrons. The summed E-state index contributed by atoms with van der Waals surface area (Å²) in [6.07, 6.45) is 1.30. The van der Waals surface area contributed by atoms with Crippen LogP contribution in [0.2, 0.25) is 5.02 Å².